The largest absolute Gasteiger partial charge is 0.0864 e. The van der Waals surface area contributed by atoms with E-state index in [1.54, 1.807) is 0 Å². The van der Waals surface area contributed by atoms with Crippen molar-refractivity contribution in [1.29, 1.82) is 0 Å². The molecule has 0 aromatic heterocycles. The summed E-state index contributed by atoms with van der Waals surface area (Å²) in [7, 11) is 0. The van der Waals surface area contributed by atoms with E-state index in [1.165, 1.54) is 0 Å². The van der Waals surface area contributed by atoms with E-state index < -0.39 is 0 Å². The first kappa shape index (κ1) is 25.3. The Morgan fingerprint density at radius 3 is 1.62 bits per heavy atom. The zero-order chi connectivity index (χ0) is 17.6. The molecule has 136 valence electrons. The summed E-state index contributed by atoms with van der Waals surface area (Å²) in [6.07, 6.45) is 6.01. The van der Waals surface area contributed by atoms with Crippen LogP contribution in [-0.2, 0) is 0 Å². The van der Waals surface area contributed by atoms with Crippen molar-refractivity contribution in [3.05, 3.63) is 95.1 Å². The third-order valence-electron chi connectivity index (χ3n) is 3.02. The summed E-state index contributed by atoms with van der Waals surface area (Å²) >= 11 is 0. The zero-order valence-electron chi connectivity index (χ0n) is 14.9. The Morgan fingerprint density at radius 1 is 0.692 bits per heavy atom. The summed E-state index contributed by atoms with van der Waals surface area (Å²) < 4.78 is 0. The average molecular weight is 345 g/mol. The van der Waals surface area contributed by atoms with E-state index in [-0.39, 0.29) is 14.9 Å². The third kappa shape index (κ3) is 9.36. The summed E-state index contributed by atoms with van der Waals surface area (Å²) in [5.41, 5.74) is 4.04. The normalized spacial score (nSPS) is 9.15. The van der Waals surface area contributed by atoms with Gasteiger partial charge < -0.3 is 0 Å². The lowest BCUT2D eigenvalue weighted by Gasteiger charge is -1.93. The van der Waals surface area contributed by atoms with E-state index in [0.717, 1.165) is 22.3 Å². The van der Waals surface area contributed by atoms with Crippen LogP contribution in [0.15, 0.2) is 78.4 Å². The van der Waals surface area contributed by atoms with E-state index in [2.05, 4.69) is 23.7 Å². The molecule has 2 aromatic carbocycles. The van der Waals surface area contributed by atoms with Gasteiger partial charge in [-0.2, -0.15) is 0 Å². The van der Waals surface area contributed by atoms with Gasteiger partial charge in [0, 0.05) is 22.3 Å². The summed E-state index contributed by atoms with van der Waals surface area (Å²) in [6, 6.07) is 18.0. The number of hydrogen-bond acceptors (Lipinski definition) is 0. The molecule has 2 rings (SSSR count). The molecule has 0 saturated heterocycles. The summed E-state index contributed by atoms with van der Waals surface area (Å²) in [5, 5.41) is 0. The van der Waals surface area contributed by atoms with Gasteiger partial charge in [0.15, 0.2) is 0 Å². The molecular formula is C26H32. The molecule has 0 heterocycles. The first-order valence-electron chi connectivity index (χ1n) is 8.30. The summed E-state index contributed by atoms with van der Waals surface area (Å²) in [5.74, 6) is 12.6. The molecule has 0 bridgehead atoms. The van der Waals surface area contributed by atoms with Crippen molar-refractivity contribution in [1.82, 2.24) is 0 Å². The Balaban J connectivity index is 0. The highest BCUT2D eigenvalue weighted by atomic mass is 13.9. The van der Waals surface area contributed by atoms with Gasteiger partial charge in [-0.3, -0.25) is 0 Å². The molecule has 0 radical (unpaired) electrons. The SMILES string of the molecule is C.C.C/C=C\C(C#Cc1ccc(C#Cc2ccccc2)cc1)=C/C.CC. The summed E-state index contributed by atoms with van der Waals surface area (Å²) in [6.45, 7) is 7.98. The topological polar surface area (TPSA) is 0 Å². The highest BCUT2D eigenvalue weighted by Gasteiger charge is 1.89. The second-order valence-electron chi connectivity index (χ2n) is 4.69. The third-order valence-corrected chi connectivity index (χ3v) is 3.02. The minimum atomic E-state index is 0. The monoisotopic (exact) mass is 344 g/mol. The van der Waals surface area contributed by atoms with Crippen LogP contribution in [0.25, 0.3) is 0 Å². The van der Waals surface area contributed by atoms with Crippen LogP contribution in [0.3, 0.4) is 0 Å². The fourth-order valence-corrected chi connectivity index (χ4v) is 1.84. The van der Waals surface area contributed by atoms with Crippen LogP contribution in [0.2, 0.25) is 0 Å². The molecule has 0 heteroatoms. The predicted octanol–water partition coefficient (Wildman–Crippen LogP) is 7.26. The van der Waals surface area contributed by atoms with Crippen LogP contribution in [-0.4, -0.2) is 0 Å². The molecule has 26 heavy (non-hydrogen) atoms. The molecule has 0 saturated carbocycles. The maximum absolute atomic E-state index is 3.16. The van der Waals surface area contributed by atoms with Crippen molar-refractivity contribution in [2.45, 2.75) is 42.5 Å². The van der Waals surface area contributed by atoms with Crippen LogP contribution in [0.5, 0.6) is 0 Å². The fraction of sp³-hybridized carbons (Fsp3) is 0.231. The van der Waals surface area contributed by atoms with E-state index in [0.29, 0.717) is 0 Å². The fourth-order valence-electron chi connectivity index (χ4n) is 1.84. The molecule has 0 aliphatic heterocycles. The maximum Gasteiger partial charge on any atom is 0.0249 e. The lowest BCUT2D eigenvalue weighted by Crippen LogP contribution is -1.79. The van der Waals surface area contributed by atoms with Gasteiger partial charge in [0.1, 0.15) is 0 Å². The van der Waals surface area contributed by atoms with Crippen molar-refractivity contribution >= 4 is 0 Å². The second-order valence-corrected chi connectivity index (χ2v) is 4.69. The Kier molecular flexibility index (Phi) is 15.1. The number of benzene rings is 2. The molecule has 0 amide bonds. The van der Waals surface area contributed by atoms with Crippen LogP contribution in [0, 0.1) is 23.7 Å². The minimum absolute atomic E-state index is 0. The van der Waals surface area contributed by atoms with Crippen LogP contribution < -0.4 is 0 Å². The number of hydrogen-bond donors (Lipinski definition) is 0. The quantitative estimate of drug-likeness (QED) is 0.377. The van der Waals surface area contributed by atoms with Crippen molar-refractivity contribution in [3.8, 4) is 23.7 Å². The summed E-state index contributed by atoms with van der Waals surface area (Å²) in [4.78, 5) is 0. The van der Waals surface area contributed by atoms with Gasteiger partial charge in [-0.15, -0.1) is 0 Å². The molecule has 0 spiro atoms. The molecule has 0 fully saturated rings. The van der Waals surface area contributed by atoms with E-state index in [1.807, 2.05) is 101 Å². The lowest BCUT2D eigenvalue weighted by molar-refractivity contribution is 1.50. The van der Waals surface area contributed by atoms with Crippen molar-refractivity contribution in [3.63, 3.8) is 0 Å². The highest BCUT2D eigenvalue weighted by Crippen LogP contribution is 2.04. The molecule has 0 unspecified atom stereocenters. The van der Waals surface area contributed by atoms with Crippen LogP contribution >= 0.6 is 0 Å². The van der Waals surface area contributed by atoms with Crippen molar-refractivity contribution in [2.75, 3.05) is 0 Å². The second kappa shape index (κ2) is 15.6. The Bertz CT molecular complexity index is 780. The van der Waals surface area contributed by atoms with Gasteiger partial charge in [0.25, 0.3) is 0 Å². The van der Waals surface area contributed by atoms with E-state index in [4.69, 9.17) is 0 Å². The first-order chi connectivity index (χ1) is 11.8. The molecular weight excluding hydrogens is 312 g/mol. The van der Waals surface area contributed by atoms with Gasteiger partial charge in [0.05, 0.1) is 0 Å². The Morgan fingerprint density at radius 2 is 1.15 bits per heavy atom. The Labute approximate surface area is 161 Å². The zero-order valence-corrected chi connectivity index (χ0v) is 14.9. The molecule has 0 nitrogen and oxygen atoms in total. The van der Waals surface area contributed by atoms with Crippen molar-refractivity contribution < 1.29 is 0 Å². The maximum atomic E-state index is 3.16. The minimum Gasteiger partial charge on any atom is -0.0864 e. The van der Waals surface area contributed by atoms with Gasteiger partial charge >= 0.3 is 0 Å². The molecule has 0 atom stereocenters. The number of rotatable bonds is 1. The molecule has 0 N–H and O–H groups in total. The standard InChI is InChI=1S/C22H18.C2H6.2CH4/c1-3-8-19(4-2)11-12-21-15-17-22(18-16-21)14-13-20-9-6-5-7-10-20;1-2;;/h3-10,15-18H,1-2H3;1-2H3;2*1H4/b8-3-,19-4+;;;. The number of allylic oxidation sites excluding steroid dienone is 4. The van der Waals surface area contributed by atoms with Gasteiger partial charge in [-0.25, -0.2) is 0 Å². The molecule has 0 aliphatic rings. The van der Waals surface area contributed by atoms with Gasteiger partial charge in [-0.1, -0.05) is 88.8 Å². The van der Waals surface area contributed by atoms with Crippen molar-refractivity contribution in [2.24, 2.45) is 0 Å². The smallest absolute Gasteiger partial charge is 0.0249 e. The van der Waals surface area contributed by atoms with Gasteiger partial charge in [-0.05, 0) is 50.2 Å². The van der Waals surface area contributed by atoms with Crippen LogP contribution in [0.1, 0.15) is 59.2 Å². The molecule has 0 aliphatic carbocycles. The first-order valence-corrected chi connectivity index (χ1v) is 8.30. The lowest BCUT2D eigenvalue weighted by atomic mass is 10.1. The molecule has 2 aromatic rings. The van der Waals surface area contributed by atoms with Gasteiger partial charge in [0.2, 0.25) is 0 Å². The van der Waals surface area contributed by atoms with E-state index in [9.17, 15) is 0 Å². The van der Waals surface area contributed by atoms with E-state index >= 15 is 0 Å². The highest BCUT2D eigenvalue weighted by molar-refractivity contribution is 5.48. The predicted molar refractivity (Wildman–Crippen MR) is 119 cm³/mol. The Hall–Kier alpha value is -2.96. The van der Waals surface area contributed by atoms with Crippen LogP contribution in [0.4, 0.5) is 0 Å². The average Bonchev–Trinajstić information content (AvgIpc) is 2.67.